The molecule has 3 aromatic heterocycles. The minimum atomic E-state index is -0.0339. The first-order valence-electron chi connectivity index (χ1n) is 5.98. The van der Waals surface area contributed by atoms with E-state index in [4.69, 9.17) is 0 Å². The molecule has 3 rings (SSSR count). The molecule has 5 heteroatoms. The van der Waals surface area contributed by atoms with E-state index in [0.29, 0.717) is 6.54 Å². The molecule has 0 aliphatic heterocycles. The highest BCUT2D eigenvalue weighted by Gasteiger charge is 2.09. The quantitative estimate of drug-likeness (QED) is 0.796. The number of aromatic nitrogens is 2. The van der Waals surface area contributed by atoms with Gasteiger partial charge in [-0.05, 0) is 36.1 Å². The molecule has 0 saturated heterocycles. The van der Waals surface area contributed by atoms with Gasteiger partial charge in [0.05, 0.1) is 16.6 Å². The van der Waals surface area contributed by atoms with Crippen molar-refractivity contribution in [1.82, 2.24) is 14.9 Å². The van der Waals surface area contributed by atoms with Gasteiger partial charge in [0.25, 0.3) is 5.91 Å². The number of hydrogen-bond acceptors (Lipinski definition) is 3. The van der Waals surface area contributed by atoms with Crippen molar-refractivity contribution >= 4 is 22.8 Å². The van der Waals surface area contributed by atoms with Gasteiger partial charge in [-0.2, -0.15) is 5.10 Å². The summed E-state index contributed by atoms with van der Waals surface area (Å²) < 4.78 is 1.80. The smallest absolute Gasteiger partial charge is 0.261 e. The van der Waals surface area contributed by atoms with Crippen molar-refractivity contribution in [2.45, 2.75) is 13.5 Å². The van der Waals surface area contributed by atoms with Crippen molar-refractivity contribution in [3.05, 3.63) is 58.0 Å². The summed E-state index contributed by atoms with van der Waals surface area (Å²) in [5.41, 5.74) is 3.15. The van der Waals surface area contributed by atoms with E-state index in [9.17, 15) is 4.79 Å². The minimum absolute atomic E-state index is 0.0339. The van der Waals surface area contributed by atoms with E-state index in [0.717, 1.165) is 21.5 Å². The maximum absolute atomic E-state index is 12.0. The number of nitrogens with one attached hydrogen (secondary N) is 1. The molecule has 1 N–H and O–H groups in total. The van der Waals surface area contributed by atoms with Crippen LogP contribution >= 0.6 is 11.3 Å². The number of amides is 1. The van der Waals surface area contributed by atoms with Gasteiger partial charge in [-0.3, -0.25) is 4.79 Å². The van der Waals surface area contributed by atoms with Gasteiger partial charge in [0.15, 0.2) is 0 Å². The number of hydrogen-bond donors (Lipinski definition) is 1. The van der Waals surface area contributed by atoms with Crippen molar-refractivity contribution in [1.29, 1.82) is 0 Å². The lowest BCUT2D eigenvalue weighted by molar-refractivity contribution is 0.0955. The van der Waals surface area contributed by atoms with Crippen LogP contribution in [0.5, 0.6) is 0 Å². The predicted molar refractivity (Wildman–Crippen MR) is 75.4 cm³/mol. The molecule has 3 heterocycles. The van der Waals surface area contributed by atoms with E-state index in [1.54, 1.807) is 10.7 Å². The molecule has 4 nitrogen and oxygen atoms in total. The molecule has 0 aliphatic rings. The normalized spacial score (nSPS) is 10.8. The average molecular weight is 271 g/mol. The van der Waals surface area contributed by atoms with Crippen LogP contribution in [0, 0.1) is 6.92 Å². The minimum Gasteiger partial charge on any atom is -0.347 e. The van der Waals surface area contributed by atoms with Crippen molar-refractivity contribution in [2.75, 3.05) is 0 Å². The summed E-state index contributed by atoms with van der Waals surface area (Å²) in [6.07, 6.45) is 3.68. The summed E-state index contributed by atoms with van der Waals surface area (Å²) in [7, 11) is 0. The molecule has 0 fully saturated rings. The maximum atomic E-state index is 12.0. The Morgan fingerprint density at radius 2 is 2.37 bits per heavy atom. The van der Waals surface area contributed by atoms with Crippen LogP contribution in [0.2, 0.25) is 0 Å². The Morgan fingerprint density at radius 3 is 3.16 bits per heavy atom. The predicted octanol–water partition coefficient (Wildman–Crippen LogP) is 2.63. The van der Waals surface area contributed by atoms with Gasteiger partial charge in [-0.15, -0.1) is 11.3 Å². The number of thiophene rings is 1. The highest BCUT2D eigenvalue weighted by molar-refractivity contribution is 7.12. The zero-order valence-corrected chi connectivity index (χ0v) is 11.3. The fourth-order valence-corrected chi connectivity index (χ4v) is 2.75. The molecule has 0 saturated carbocycles. The molecule has 0 radical (unpaired) electrons. The van der Waals surface area contributed by atoms with Crippen molar-refractivity contribution in [3.63, 3.8) is 0 Å². The number of carbonyl (C=O) groups is 1. The van der Waals surface area contributed by atoms with E-state index < -0.39 is 0 Å². The molecular weight excluding hydrogens is 258 g/mol. The molecule has 0 atom stereocenters. The largest absolute Gasteiger partial charge is 0.347 e. The van der Waals surface area contributed by atoms with Crippen LogP contribution in [0.25, 0.3) is 5.52 Å². The number of aryl methyl sites for hydroxylation is 1. The second-order valence-corrected chi connectivity index (χ2v) is 5.28. The third-order valence-corrected chi connectivity index (χ3v) is 3.95. The second-order valence-electron chi connectivity index (χ2n) is 4.37. The summed E-state index contributed by atoms with van der Waals surface area (Å²) in [5, 5.41) is 9.14. The molecular formula is C14H13N3OS. The van der Waals surface area contributed by atoms with Crippen LogP contribution in [0.1, 0.15) is 20.8 Å². The Morgan fingerprint density at radius 1 is 1.47 bits per heavy atom. The fourth-order valence-electron chi connectivity index (χ4n) is 1.94. The zero-order chi connectivity index (χ0) is 13.2. The molecule has 0 aromatic carbocycles. The third-order valence-electron chi connectivity index (χ3n) is 2.90. The number of carbonyl (C=O) groups excluding carboxylic acids is 1. The van der Waals surface area contributed by atoms with Gasteiger partial charge in [0.1, 0.15) is 0 Å². The number of nitrogens with zero attached hydrogens (tertiary/aromatic N) is 2. The second kappa shape index (κ2) is 4.85. The summed E-state index contributed by atoms with van der Waals surface area (Å²) in [4.78, 5) is 12.7. The Labute approximate surface area is 114 Å². The van der Waals surface area contributed by atoms with Crippen LogP contribution in [0.4, 0.5) is 0 Å². The van der Waals surface area contributed by atoms with Gasteiger partial charge < -0.3 is 5.32 Å². The zero-order valence-electron chi connectivity index (χ0n) is 10.5. The summed E-state index contributed by atoms with van der Waals surface area (Å²) in [6.45, 7) is 2.47. The monoisotopic (exact) mass is 271 g/mol. The number of rotatable bonds is 3. The van der Waals surface area contributed by atoms with Crippen LogP contribution < -0.4 is 5.32 Å². The van der Waals surface area contributed by atoms with Crippen LogP contribution in [0.15, 0.2) is 42.0 Å². The highest BCUT2D eigenvalue weighted by atomic mass is 32.1. The Hall–Kier alpha value is -2.14. The fraction of sp³-hybridized carbons (Fsp3) is 0.143. The van der Waals surface area contributed by atoms with Gasteiger partial charge in [-0.25, -0.2) is 4.52 Å². The van der Waals surface area contributed by atoms with Crippen molar-refractivity contribution < 1.29 is 4.79 Å². The van der Waals surface area contributed by atoms with E-state index >= 15 is 0 Å². The number of fused-ring (bicyclic) bond motifs is 1. The third kappa shape index (κ3) is 2.37. The standard InChI is InChI=1S/C14H13N3OS/c1-10-6-13(19-9-10)14(18)15-7-11-8-16-17-5-3-2-4-12(11)17/h2-6,8-9H,7H2,1H3,(H,15,18). The summed E-state index contributed by atoms with van der Waals surface area (Å²) >= 11 is 1.47. The Balaban J connectivity index is 1.74. The van der Waals surface area contributed by atoms with Crippen LogP contribution in [-0.4, -0.2) is 15.5 Å². The van der Waals surface area contributed by atoms with E-state index in [-0.39, 0.29) is 5.91 Å². The van der Waals surface area contributed by atoms with Crippen molar-refractivity contribution in [3.8, 4) is 0 Å². The first-order chi connectivity index (χ1) is 9.24. The van der Waals surface area contributed by atoms with Crippen LogP contribution in [-0.2, 0) is 6.54 Å². The lowest BCUT2D eigenvalue weighted by atomic mass is 10.2. The Kier molecular flexibility index (Phi) is 3.05. The molecule has 0 spiro atoms. The van der Waals surface area contributed by atoms with Gasteiger partial charge in [0.2, 0.25) is 0 Å². The van der Waals surface area contributed by atoms with Crippen LogP contribution in [0.3, 0.4) is 0 Å². The van der Waals surface area contributed by atoms with E-state index in [1.165, 1.54) is 11.3 Å². The molecule has 96 valence electrons. The maximum Gasteiger partial charge on any atom is 0.261 e. The first-order valence-corrected chi connectivity index (χ1v) is 6.86. The molecule has 0 unspecified atom stereocenters. The van der Waals surface area contributed by atoms with E-state index in [1.807, 2.05) is 42.8 Å². The summed E-state index contributed by atoms with van der Waals surface area (Å²) in [5.74, 6) is -0.0339. The average Bonchev–Trinajstić information content (AvgIpc) is 3.02. The van der Waals surface area contributed by atoms with Gasteiger partial charge in [0, 0.05) is 18.3 Å². The number of pyridine rings is 1. The van der Waals surface area contributed by atoms with Crippen molar-refractivity contribution in [2.24, 2.45) is 0 Å². The first kappa shape index (κ1) is 11.9. The molecule has 19 heavy (non-hydrogen) atoms. The molecule has 0 bridgehead atoms. The molecule has 1 amide bonds. The Bertz CT molecular complexity index is 729. The SMILES string of the molecule is Cc1csc(C(=O)NCc2cnn3ccccc23)c1. The highest BCUT2D eigenvalue weighted by Crippen LogP contribution is 2.14. The van der Waals surface area contributed by atoms with Gasteiger partial charge in [-0.1, -0.05) is 6.07 Å². The lowest BCUT2D eigenvalue weighted by Crippen LogP contribution is -2.21. The lowest BCUT2D eigenvalue weighted by Gasteiger charge is -2.02. The van der Waals surface area contributed by atoms with E-state index in [2.05, 4.69) is 10.4 Å². The molecule has 3 aromatic rings. The topological polar surface area (TPSA) is 46.4 Å². The summed E-state index contributed by atoms with van der Waals surface area (Å²) in [6, 6.07) is 7.78. The molecule has 0 aliphatic carbocycles. The van der Waals surface area contributed by atoms with Gasteiger partial charge >= 0.3 is 0 Å².